The van der Waals surface area contributed by atoms with E-state index in [-0.39, 0.29) is 5.78 Å². The topological polar surface area (TPSA) is 132 Å². The average Bonchev–Trinajstić information content (AvgIpc) is 4.37. The number of nitrogens with zero attached hydrogens (tertiary/aromatic N) is 6. The predicted molar refractivity (Wildman–Crippen MR) is 325 cm³/mol. The zero-order chi connectivity index (χ0) is 55.4. The summed E-state index contributed by atoms with van der Waals surface area (Å²) in [4.78, 5) is 42.7. The van der Waals surface area contributed by atoms with Crippen LogP contribution < -0.4 is 14.5 Å². The Hall–Kier alpha value is -10.9. The Bertz CT molecular complexity index is 4310. The number of Topliss-reactive ketones (excluding diaryl/α,β-unsaturated/α-hetero) is 1. The van der Waals surface area contributed by atoms with E-state index >= 15 is 0 Å². The van der Waals surface area contributed by atoms with Crippen molar-refractivity contribution in [3.8, 4) is 80.4 Å². The van der Waals surface area contributed by atoms with Crippen LogP contribution in [0.15, 0.2) is 207 Å². The molecule has 0 amide bonds. The summed E-state index contributed by atoms with van der Waals surface area (Å²) in [6, 6.07) is 54.7. The van der Waals surface area contributed by atoms with E-state index in [1.54, 1.807) is 18.6 Å². The molecule has 0 aliphatic heterocycles. The average molecular weight is 1040 g/mol. The standard InChI is InChI=1S/C24H21N3.C23H16N2O2.C22H18N4/c1-17-4-6-18(7-5-17)8-9-20-15-25-24-23(20)14-21(16-26-24)19-10-12-22(13-11-19)27(2)3;1-16(26)11-12-17-14-24-23-21(17)13-18(15-25-23)20-9-5-6-10-22(20)27-19-7-3-2-4-8-19;1-26(2)20-10-7-16(8-11-20)18-13-21-17(14-24-22(21)25-15-18)6-9-19-5-3-4-12-23-19/h4-7,10-16H,1-3H3,(H,25,26);2-10,13-15H,1H3,(H,24,25);3-5,7-8,10-15H,1-2H3,(H,24,25). The third-order valence-electron chi connectivity index (χ3n) is 13.0. The Morgan fingerprint density at radius 1 is 0.475 bits per heavy atom. The second-order valence-electron chi connectivity index (χ2n) is 19.1. The number of carbonyl (C=O) groups excluding carboxylic acids is 1. The monoisotopic (exact) mass is 1040 g/mol. The quantitative estimate of drug-likeness (QED) is 0.135. The van der Waals surface area contributed by atoms with Gasteiger partial charge in [0.25, 0.3) is 0 Å². The van der Waals surface area contributed by atoms with Crippen LogP contribution in [0.4, 0.5) is 11.4 Å². The van der Waals surface area contributed by atoms with Crippen molar-refractivity contribution in [2.45, 2.75) is 13.8 Å². The van der Waals surface area contributed by atoms with Gasteiger partial charge in [0, 0.05) is 134 Å². The third-order valence-corrected chi connectivity index (χ3v) is 13.0. The van der Waals surface area contributed by atoms with Crippen molar-refractivity contribution in [3.63, 3.8) is 0 Å². The summed E-state index contributed by atoms with van der Waals surface area (Å²) in [5.74, 6) is 19.6. The highest BCUT2D eigenvalue weighted by molar-refractivity contribution is 5.96. The molecule has 0 saturated heterocycles. The van der Waals surface area contributed by atoms with Gasteiger partial charge in [-0.25, -0.2) is 19.9 Å². The number of aryl methyl sites for hydroxylation is 1. The maximum atomic E-state index is 11.2. The first kappa shape index (κ1) is 52.5. The molecule has 388 valence electrons. The van der Waals surface area contributed by atoms with Crippen LogP contribution in [0, 0.1) is 42.4 Å². The fraction of sp³-hybridized carbons (Fsp3) is 0.0870. The van der Waals surface area contributed by atoms with E-state index in [1.807, 2.05) is 144 Å². The normalized spacial score (nSPS) is 10.4. The fourth-order valence-corrected chi connectivity index (χ4v) is 8.60. The van der Waals surface area contributed by atoms with Crippen molar-refractivity contribution in [3.05, 3.63) is 241 Å². The molecule has 80 heavy (non-hydrogen) atoms. The first-order valence-corrected chi connectivity index (χ1v) is 25.8. The van der Waals surface area contributed by atoms with Gasteiger partial charge in [-0.3, -0.25) is 4.79 Å². The molecular formula is C69H55N9O2. The molecule has 0 radical (unpaired) electrons. The van der Waals surface area contributed by atoms with Gasteiger partial charge in [-0.05, 0) is 115 Å². The maximum absolute atomic E-state index is 11.2. The summed E-state index contributed by atoms with van der Waals surface area (Å²) >= 11 is 0. The van der Waals surface area contributed by atoms with E-state index in [9.17, 15) is 4.79 Å². The lowest BCUT2D eigenvalue weighted by atomic mass is 10.0. The number of anilines is 2. The van der Waals surface area contributed by atoms with Crippen LogP contribution in [-0.4, -0.2) is 68.9 Å². The van der Waals surface area contributed by atoms with E-state index in [4.69, 9.17) is 4.74 Å². The molecule has 3 N–H and O–H groups in total. The van der Waals surface area contributed by atoms with E-state index in [0.29, 0.717) is 0 Å². The highest BCUT2D eigenvalue weighted by Gasteiger charge is 2.12. The smallest absolute Gasteiger partial charge is 0.202 e. The molecule has 11 nitrogen and oxygen atoms in total. The second-order valence-corrected chi connectivity index (χ2v) is 19.1. The molecule has 7 heterocycles. The molecule has 0 spiro atoms. The summed E-state index contributed by atoms with van der Waals surface area (Å²) in [7, 11) is 8.16. The Kier molecular flexibility index (Phi) is 16.0. The van der Waals surface area contributed by atoms with Gasteiger partial charge in [0.05, 0.1) is 16.7 Å². The van der Waals surface area contributed by atoms with Crippen molar-refractivity contribution in [1.82, 2.24) is 34.9 Å². The molecule has 0 saturated carbocycles. The van der Waals surface area contributed by atoms with Gasteiger partial charge >= 0.3 is 0 Å². The second kappa shape index (κ2) is 24.4. The number of hydrogen-bond acceptors (Lipinski definition) is 8. The van der Waals surface area contributed by atoms with Crippen LogP contribution in [-0.2, 0) is 4.79 Å². The summed E-state index contributed by atoms with van der Waals surface area (Å²) in [6.07, 6.45) is 12.9. The minimum Gasteiger partial charge on any atom is -0.457 e. The number of pyridine rings is 4. The summed E-state index contributed by atoms with van der Waals surface area (Å²) in [6.45, 7) is 3.53. The van der Waals surface area contributed by atoms with E-state index in [2.05, 4.69) is 160 Å². The Morgan fingerprint density at radius 2 is 0.963 bits per heavy atom. The van der Waals surface area contributed by atoms with Gasteiger partial charge in [0.2, 0.25) is 5.78 Å². The largest absolute Gasteiger partial charge is 0.457 e. The number of ketones is 1. The van der Waals surface area contributed by atoms with Crippen LogP contribution in [0.1, 0.15) is 40.4 Å². The van der Waals surface area contributed by atoms with Crippen LogP contribution in [0.5, 0.6) is 11.5 Å². The van der Waals surface area contributed by atoms with Crippen LogP contribution in [0.25, 0.3) is 66.5 Å². The number of hydrogen-bond donors (Lipinski definition) is 3. The molecule has 12 aromatic rings. The molecule has 7 aromatic heterocycles. The zero-order valence-electron chi connectivity index (χ0n) is 45.1. The van der Waals surface area contributed by atoms with Crippen molar-refractivity contribution < 1.29 is 9.53 Å². The predicted octanol–water partition coefficient (Wildman–Crippen LogP) is 14.1. The molecule has 5 aromatic carbocycles. The summed E-state index contributed by atoms with van der Waals surface area (Å²) < 4.78 is 6.06. The summed E-state index contributed by atoms with van der Waals surface area (Å²) in [5, 5.41) is 2.93. The minimum absolute atomic E-state index is 0.171. The van der Waals surface area contributed by atoms with Gasteiger partial charge in [-0.1, -0.05) is 108 Å². The lowest BCUT2D eigenvalue weighted by Gasteiger charge is -2.12. The molecule has 0 atom stereocenters. The molecule has 12 rings (SSSR count). The van der Waals surface area contributed by atoms with Gasteiger partial charge in [-0.15, -0.1) is 0 Å². The van der Waals surface area contributed by atoms with Crippen LogP contribution >= 0.6 is 0 Å². The van der Waals surface area contributed by atoms with Crippen molar-refractivity contribution in [2.24, 2.45) is 0 Å². The first-order valence-electron chi connectivity index (χ1n) is 25.8. The van der Waals surface area contributed by atoms with Crippen molar-refractivity contribution in [1.29, 1.82) is 0 Å². The van der Waals surface area contributed by atoms with Crippen molar-refractivity contribution in [2.75, 3.05) is 38.0 Å². The number of rotatable bonds is 7. The number of aromatic nitrogens is 7. The molecule has 0 bridgehead atoms. The number of ether oxygens (including phenoxy) is 1. The van der Waals surface area contributed by atoms with Crippen LogP contribution in [0.3, 0.4) is 0 Å². The Morgan fingerprint density at radius 3 is 1.49 bits per heavy atom. The highest BCUT2D eigenvalue weighted by atomic mass is 16.5. The number of carbonyl (C=O) groups is 1. The third kappa shape index (κ3) is 12.8. The van der Waals surface area contributed by atoms with E-state index in [0.717, 1.165) is 106 Å². The lowest BCUT2D eigenvalue weighted by molar-refractivity contribution is -0.111. The molecule has 0 unspecified atom stereocenters. The maximum Gasteiger partial charge on any atom is 0.202 e. The number of para-hydroxylation sites is 2. The van der Waals surface area contributed by atoms with E-state index in [1.165, 1.54) is 23.9 Å². The number of H-pyrrole nitrogens is 3. The van der Waals surface area contributed by atoms with Gasteiger partial charge in [0.1, 0.15) is 34.1 Å². The summed E-state index contributed by atoms with van der Waals surface area (Å²) in [5.41, 5.74) is 16.7. The van der Waals surface area contributed by atoms with Crippen molar-refractivity contribution >= 4 is 50.3 Å². The number of nitrogens with one attached hydrogen (secondary N) is 3. The van der Waals surface area contributed by atoms with Crippen LogP contribution in [0.2, 0.25) is 0 Å². The molecule has 0 fully saturated rings. The molecular weight excluding hydrogens is 987 g/mol. The SMILES string of the molecule is CC(=O)C#Cc1c[nH]c2ncc(-c3ccccc3Oc3ccccc3)cc12.CN(C)c1ccc(-c2cnc3[nH]cc(C#Cc4ccccn4)c3c2)cc1.Cc1ccc(C#Cc2c[nH]c3ncc(-c4ccc(N(C)C)cc4)cc23)cc1. The van der Waals surface area contributed by atoms with E-state index < -0.39 is 0 Å². The first-order chi connectivity index (χ1) is 39.0. The number of aromatic amines is 3. The highest BCUT2D eigenvalue weighted by Crippen LogP contribution is 2.35. The minimum atomic E-state index is -0.171. The van der Waals surface area contributed by atoms with Gasteiger partial charge in [-0.2, -0.15) is 0 Å². The fourth-order valence-electron chi connectivity index (χ4n) is 8.60. The molecule has 11 heteroatoms. The Labute approximate surface area is 465 Å². The molecule has 0 aliphatic rings. The lowest BCUT2D eigenvalue weighted by Crippen LogP contribution is -2.07. The van der Waals surface area contributed by atoms with Gasteiger partial charge in [0.15, 0.2) is 0 Å². The Balaban J connectivity index is 0.000000135. The molecule has 0 aliphatic carbocycles. The number of benzene rings is 5. The number of fused-ring (bicyclic) bond motifs is 3. The zero-order valence-corrected chi connectivity index (χ0v) is 45.1. The van der Waals surface area contributed by atoms with Gasteiger partial charge < -0.3 is 29.5 Å².